The fourth-order valence-corrected chi connectivity index (χ4v) is 4.11. The molecule has 3 N–H and O–H groups in total. The number of nitrogens with zero attached hydrogens (tertiary/aromatic N) is 1. The maximum atomic E-state index is 11.2. The smallest absolute Gasteiger partial charge is 0.337 e. The topological polar surface area (TPSA) is 126 Å². The average molecular weight is 524 g/mol. The van der Waals surface area contributed by atoms with Crippen molar-refractivity contribution in [2.45, 2.75) is 13.5 Å². The highest BCUT2D eigenvalue weighted by molar-refractivity contribution is 6.04. The van der Waals surface area contributed by atoms with Crippen LogP contribution in [0.3, 0.4) is 0 Å². The number of aromatic nitrogens is 1. The summed E-state index contributed by atoms with van der Waals surface area (Å²) in [6, 6.07) is 29.2. The Hall–Kier alpha value is -5.37. The largest absolute Gasteiger partial charge is 0.489 e. The first kappa shape index (κ1) is 26.7. The SMILES string of the molecule is Cc1c(C(=O)O)cc(OCc2ccccc2)cc1C(=O)O.O=C(O)c1cn(-c2ccccc2)c2ccccc12. The Bertz CT molecular complexity index is 1610. The summed E-state index contributed by atoms with van der Waals surface area (Å²) in [5.74, 6) is -3.04. The van der Waals surface area contributed by atoms with Crippen LogP contribution in [0.5, 0.6) is 5.75 Å². The van der Waals surface area contributed by atoms with E-state index < -0.39 is 17.9 Å². The predicted octanol–water partition coefficient (Wildman–Crippen LogP) is 6.30. The molecule has 4 aromatic carbocycles. The predicted molar refractivity (Wildman–Crippen MR) is 146 cm³/mol. The quantitative estimate of drug-likeness (QED) is 0.229. The van der Waals surface area contributed by atoms with Crippen LogP contribution in [-0.4, -0.2) is 37.8 Å². The minimum absolute atomic E-state index is 0.0713. The summed E-state index contributed by atoms with van der Waals surface area (Å²) >= 11 is 0. The first-order chi connectivity index (χ1) is 18.8. The third kappa shape index (κ3) is 6.14. The van der Waals surface area contributed by atoms with E-state index in [1.807, 2.05) is 89.5 Å². The van der Waals surface area contributed by atoms with E-state index in [1.165, 1.54) is 19.1 Å². The highest BCUT2D eigenvalue weighted by Crippen LogP contribution is 2.25. The summed E-state index contributed by atoms with van der Waals surface area (Å²) < 4.78 is 7.40. The lowest BCUT2D eigenvalue weighted by atomic mass is 10.0. The van der Waals surface area contributed by atoms with Crippen LogP contribution < -0.4 is 4.74 Å². The highest BCUT2D eigenvalue weighted by Gasteiger charge is 2.18. The number of benzene rings is 4. The van der Waals surface area contributed by atoms with Crippen molar-refractivity contribution in [3.63, 3.8) is 0 Å². The minimum Gasteiger partial charge on any atom is -0.489 e. The molecule has 0 amide bonds. The van der Waals surface area contributed by atoms with Crippen LogP contribution in [0.15, 0.2) is 103 Å². The van der Waals surface area contributed by atoms with E-state index >= 15 is 0 Å². The molecule has 5 aromatic rings. The fourth-order valence-electron chi connectivity index (χ4n) is 4.11. The van der Waals surface area contributed by atoms with E-state index in [1.54, 1.807) is 6.20 Å². The molecule has 0 atom stereocenters. The normalized spacial score (nSPS) is 10.4. The molecule has 5 rings (SSSR count). The Morgan fingerprint density at radius 2 is 1.21 bits per heavy atom. The fraction of sp³-hybridized carbons (Fsp3) is 0.0645. The molecule has 8 nitrogen and oxygen atoms in total. The second-order valence-corrected chi connectivity index (χ2v) is 8.60. The lowest BCUT2D eigenvalue weighted by Gasteiger charge is -2.11. The molecule has 0 saturated carbocycles. The summed E-state index contributed by atoms with van der Waals surface area (Å²) in [5.41, 5.74) is 3.17. The van der Waals surface area contributed by atoms with Crippen LogP contribution in [0.2, 0.25) is 0 Å². The van der Waals surface area contributed by atoms with Gasteiger partial charge in [0.15, 0.2) is 0 Å². The lowest BCUT2D eigenvalue weighted by molar-refractivity contribution is 0.0681. The van der Waals surface area contributed by atoms with Crippen molar-refractivity contribution in [3.8, 4) is 11.4 Å². The Morgan fingerprint density at radius 1 is 0.692 bits per heavy atom. The molecular weight excluding hydrogens is 498 g/mol. The van der Waals surface area contributed by atoms with Crippen molar-refractivity contribution in [1.82, 2.24) is 4.57 Å². The molecule has 0 saturated heterocycles. The average Bonchev–Trinajstić information content (AvgIpc) is 3.34. The van der Waals surface area contributed by atoms with Crippen LogP contribution in [0.4, 0.5) is 0 Å². The lowest BCUT2D eigenvalue weighted by Crippen LogP contribution is -2.08. The summed E-state index contributed by atoms with van der Waals surface area (Å²) in [6.45, 7) is 1.70. The van der Waals surface area contributed by atoms with Crippen LogP contribution in [-0.2, 0) is 6.61 Å². The van der Waals surface area contributed by atoms with E-state index in [-0.39, 0.29) is 29.0 Å². The van der Waals surface area contributed by atoms with Gasteiger partial charge in [-0.25, -0.2) is 14.4 Å². The number of aromatic carboxylic acids is 3. The molecule has 0 fully saturated rings. The summed E-state index contributed by atoms with van der Waals surface area (Å²) in [5, 5.41) is 28.3. The van der Waals surface area contributed by atoms with Gasteiger partial charge in [0.2, 0.25) is 0 Å². The maximum absolute atomic E-state index is 11.2. The molecule has 196 valence electrons. The third-order valence-corrected chi connectivity index (χ3v) is 6.07. The zero-order valence-electron chi connectivity index (χ0n) is 20.9. The first-order valence-electron chi connectivity index (χ1n) is 11.9. The molecule has 8 heteroatoms. The number of para-hydroxylation sites is 2. The van der Waals surface area contributed by atoms with E-state index in [0.717, 1.165) is 22.2 Å². The molecule has 0 aliphatic heterocycles. The van der Waals surface area contributed by atoms with E-state index in [9.17, 15) is 19.5 Å². The van der Waals surface area contributed by atoms with Crippen LogP contribution in [0, 0.1) is 6.92 Å². The van der Waals surface area contributed by atoms with Gasteiger partial charge in [-0.05, 0) is 48.4 Å². The number of carboxylic acids is 3. The van der Waals surface area contributed by atoms with E-state index in [0.29, 0.717) is 5.56 Å². The van der Waals surface area contributed by atoms with Crippen molar-refractivity contribution in [1.29, 1.82) is 0 Å². The van der Waals surface area contributed by atoms with Gasteiger partial charge in [-0.2, -0.15) is 0 Å². The zero-order valence-corrected chi connectivity index (χ0v) is 20.9. The molecule has 0 unspecified atom stereocenters. The van der Waals surface area contributed by atoms with Crippen molar-refractivity contribution in [2.24, 2.45) is 0 Å². The Labute approximate surface area is 224 Å². The molecule has 0 aliphatic rings. The number of hydrogen-bond donors (Lipinski definition) is 3. The van der Waals surface area contributed by atoms with Gasteiger partial charge in [-0.15, -0.1) is 0 Å². The van der Waals surface area contributed by atoms with Gasteiger partial charge in [0, 0.05) is 17.3 Å². The molecule has 0 spiro atoms. The molecule has 0 bridgehead atoms. The second kappa shape index (κ2) is 11.8. The Balaban J connectivity index is 0.000000183. The van der Waals surface area contributed by atoms with Gasteiger partial charge in [0.25, 0.3) is 0 Å². The number of ether oxygens (including phenoxy) is 1. The Morgan fingerprint density at radius 3 is 1.77 bits per heavy atom. The van der Waals surface area contributed by atoms with Crippen LogP contribution in [0.25, 0.3) is 16.6 Å². The summed E-state index contributed by atoms with van der Waals surface area (Å²) in [4.78, 5) is 33.6. The number of fused-ring (bicyclic) bond motifs is 1. The summed E-state index contributed by atoms with van der Waals surface area (Å²) in [7, 11) is 0. The van der Waals surface area contributed by atoms with Crippen LogP contribution >= 0.6 is 0 Å². The molecule has 0 radical (unpaired) electrons. The molecule has 39 heavy (non-hydrogen) atoms. The van der Waals surface area contributed by atoms with Gasteiger partial charge < -0.3 is 24.6 Å². The summed E-state index contributed by atoms with van der Waals surface area (Å²) in [6.07, 6.45) is 1.67. The monoisotopic (exact) mass is 523 g/mol. The van der Waals surface area contributed by atoms with Gasteiger partial charge in [0.05, 0.1) is 22.2 Å². The van der Waals surface area contributed by atoms with Crippen molar-refractivity contribution >= 4 is 28.8 Å². The maximum Gasteiger partial charge on any atom is 0.337 e. The van der Waals surface area contributed by atoms with Gasteiger partial charge >= 0.3 is 17.9 Å². The number of rotatable bonds is 7. The molecular formula is C31H25NO7. The minimum atomic E-state index is -1.18. The number of hydrogen-bond acceptors (Lipinski definition) is 4. The van der Waals surface area contributed by atoms with Crippen molar-refractivity contribution in [3.05, 3.63) is 131 Å². The first-order valence-corrected chi connectivity index (χ1v) is 11.9. The van der Waals surface area contributed by atoms with E-state index in [4.69, 9.17) is 14.9 Å². The van der Waals surface area contributed by atoms with Crippen molar-refractivity contribution in [2.75, 3.05) is 0 Å². The van der Waals surface area contributed by atoms with Gasteiger partial charge in [-0.3, -0.25) is 0 Å². The van der Waals surface area contributed by atoms with E-state index in [2.05, 4.69) is 0 Å². The zero-order chi connectivity index (χ0) is 27.9. The van der Waals surface area contributed by atoms with Crippen LogP contribution in [0.1, 0.15) is 42.2 Å². The molecule has 1 heterocycles. The Kier molecular flexibility index (Phi) is 8.06. The van der Waals surface area contributed by atoms with Crippen molar-refractivity contribution < 1.29 is 34.4 Å². The molecule has 1 aromatic heterocycles. The van der Waals surface area contributed by atoms with Gasteiger partial charge in [0.1, 0.15) is 12.4 Å². The number of carboxylic acid groups (broad SMARTS) is 3. The number of carbonyl (C=O) groups is 3. The third-order valence-electron chi connectivity index (χ3n) is 6.07. The standard InChI is InChI=1S/C16H14O5.C15H11NO2/c1-10-13(15(17)18)7-12(8-14(10)16(19)20)21-9-11-5-3-2-4-6-11;17-15(18)13-10-16(11-6-2-1-3-7-11)14-9-5-4-8-12(13)14/h2-8H,9H2,1H3,(H,17,18)(H,19,20);1-10H,(H,17,18). The van der Waals surface area contributed by atoms with Gasteiger partial charge in [-0.1, -0.05) is 66.7 Å². The highest BCUT2D eigenvalue weighted by atomic mass is 16.5. The second-order valence-electron chi connectivity index (χ2n) is 8.60. The molecule has 0 aliphatic carbocycles.